The zero-order valence-corrected chi connectivity index (χ0v) is 10.9. The van der Waals surface area contributed by atoms with E-state index < -0.39 is 9.05 Å². The molecule has 0 radical (unpaired) electrons. The molecule has 0 aliphatic carbocycles. The van der Waals surface area contributed by atoms with Crippen molar-refractivity contribution in [3.63, 3.8) is 0 Å². The van der Waals surface area contributed by atoms with Crippen molar-refractivity contribution in [2.24, 2.45) is 5.92 Å². The molecule has 1 rings (SSSR count). The van der Waals surface area contributed by atoms with Crippen LogP contribution in [0, 0.1) is 12.8 Å². The van der Waals surface area contributed by atoms with E-state index in [4.69, 9.17) is 15.4 Å². The maximum Gasteiger partial charge on any atom is 0.232 e. The van der Waals surface area contributed by atoms with Crippen molar-refractivity contribution in [3.8, 4) is 5.75 Å². The SMILES string of the molecule is Cc1ccc(OCC(C)CS(=O)(=O)Cl)cc1. The summed E-state index contributed by atoms with van der Waals surface area (Å²) in [5, 5.41) is 0. The summed E-state index contributed by atoms with van der Waals surface area (Å²) in [6.45, 7) is 4.12. The van der Waals surface area contributed by atoms with Crippen LogP contribution < -0.4 is 4.74 Å². The standard InChI is InChI=1S/C11H15ClO3S/c1-9-3-5-11(6-4-9)15-7-10(2)8-16(12,13)14/h3-6,10H,7-8H2,1-2H3. The fourth-order valence-electron chi connectivity index (χ4n) is 1.26. The van der Waals surface area contributed by atoms with Crippen molar-refractivity contribution in [2.45, 2.75) is 13.8 Å². The largest absolute Gasteiger partial charge is 0.493 e. The van der Waals surface area contributed by atoms with Crippen molar-refractivity contribution in [1.82, 2.24) is 0 Å². The first kappa shape index (κ1) is 13.3. The lowest BCUT2D eigenvalue weighted by Gasteiger charge is -2.11. The van der Waals surface area contributed by atoms with Crippen LogP contribution in [0.2, 0.25) is 0 Å². The molecule has 90 valence electrons. The molecule has 1 aromatic rings. The van der Waals surface area contributed by atoms with E-state index in [9.17, 15) is 8.42 Å². The first-order valence-electron chi connectivity index (χ1n) is 4.98. The first-order valence-corrected chi connectivity index (χ1v) is 7.46. The quantitative estimate of drug-likeness (QED) is 0.766. The van der Waals surface area contributed by atoms with Crippen molar-refractivity contribution in [3.05, 3.63) is 29.8 Å². The van der Waals surface area contributed by atoms with Crippen LogP contribution in [-0.4, -0.2) is 20.8 Å². The fourth-order valence-corrected chi connectivity index (χ4v) is 2.68. The van der Waals surface area contributed by atoms with Crippen LogP contribution in [0.3, 0.4) is 0 Å². The predicted octanol–water partition coefficient (Wildman–Crippen LogP) is 2.58. The third-order valence-corrected chi connectivity index (χ3v) is 3.38. The highest BCUT2D eigenvalue weighted by molar-refractivity contribution is 8.13. The summed E-state index contributed by atoms with van der Waals surface area (Å²) in [6, 6.07) is 7.60. The van der Waals surface area contributed by atoms with Gasteiger partial charge in [0, 0.05) is 16.6 Å². The Bertz CT molecular complexity index is 425. The van der Waals surface area contributed by atoms with Gasteiger partial charge in [-0.2, -0.15) is 0 Å². The number of hydrogen-bond acceptors (Lipinski definition) is 3. The second kappa shape index (κ2) is 5.55. The Balaban J connectivity index is 2.43. The molecule has 1 atom stereocenters. The van der Waals surface area contributed by atoms with Crippen LogP contribution >= 0.6 is 10.7 Å². The van der Waals surface area contributed by atoms with Gasteiger partial charge in [-0.15, -0.1) is 0 Å². The molecular weight excluding hydrogens is 248 g/mol. The van der Waals surface area contributed by atoms with Gasteiger partial charge in [-0.1, -0.05) is 24.6 Å². The number of rotatable bonds is 5. The van der Waals surface area contributed by atoms with Gasteiger partial charge in [0.15, 0.2) is 0 Å². The van der Waals surface area contributed by atoms with Gasteiger partial charge in [-0.3, -0.25) is 0 Å². The van der Waals surface area contributed by atoms with Crippen LogP contribution in [0.25, 0.3) is 0 Å². The van der Waals surface area contributed by atoms with Crippen LogP contribution in [-0.2, 0) is 9.05 Å². The summed E-state index contributed by atoms with van der Waals surface area (Å²) in [7, 11) is 1.70. The van der Waals surface area contributed by atoms with Gasteiger partial charge < -0.3 is 4.74 Å². The molecule has 0 aliphatic rings. The Hall–Kier alpha value is -0.740. The average Bonchev–Trinajstić information content (AvgIpc) is 2.14. The molecule has 0 bridgehead atoms. The summed E-state index contributed by atoms with van der Waals surface area (Å²) in [4.78, 5) is 0. The van der Waals surface area contributed by atoms with Crippen LogP contribution in [0.4, 0.5) is 0 Å². The minimum absolute atomic E-state index is 0.0690. The Labute approximate surface area is 101 Å². The lowest BCUT2D eigenvalue weighted by molar-refractivity contribution is 0.272. The molecule has 0 saturated heterocycles. The molecule has 0 heterocycles. The molecule has 16 heavy (non-hydrogen) atoms. The molecular formula is C11H15ClO3S. The molecule has 0 aliphatic heterocycles. The Morgan fingerprint density at radius 2 is 1.88 bits per heavy atom. The number of hydrogen-bond donors (Lipinski definition) is 0. The summed E-state index contributed by atoms with van der Waals surface area (Å²) in [6.07, 6.45) is 0. The van der Waals surface area contributed by atoms with Crippen LogP contribution in [0.5, 0.6) is 5.75 Å². The highest BCUT2D eigenvalue weighted by Gasteiger charge is 2.13. The molecule has 1 unspecified atom stereocenters. The lowest BCUT2D eigenvalue weighted by atomic mass is 10.2. The Morgan fingerprint density at radius 1 is 1.31 bits per heavy atom. The molecule has 0 saturated carbocycles. The zero-order chi connectivity index (χ0) is 12.2. The molecule has 0 fully saturated rings. The maximum absolute atomic E-state index is 10.8. The Morgan fingerprint density at radius 3 is 2.38 bits per heavy atom. The number of benzene rings is 1. The summed E-state index contributed by atoms with van der Waals surface area (Å²) < 4.78 is 27.1. The van der Waals surface area contributed by atoms with E-state index in [0.717, 1.165) is 11.3 Å². The maximum atomic E-state index is 10.8. The van der Waals surface area contributed by atoms with E-state index in [1.165, 1.54) is 0 Å². The van der Waals surface area contributed by atoms with Gasteiger partial charge in [0.25, 0.3) is 0 Å². The molecule has 0 spiro atoms. The zero-order valence-electron chi connectivity index (χ0n) is 9.31. The summed E-state index contributed by atoms with van der Waals surface area (Å²) >= 11 is 0. The predicted molar refractivity (Wildman–Crippen MR) is 65.5 cm³/mol. The summed E-state index contributed by atoms with van der Waals surface area (Å²) in [5.41, 5.74) is 1.16. The monoisotopic (exact) mass is 262 g/mol. The smallest absolute Gasteiger partial charge is 0.232 e. The van der Waals surface area contributed by atoms with Crippen molar-refractivity contribution >= 4 is 19.7 Å². The molecule has 0 N–H and O–H groups in total. The minimum atomic E-state index is -3.44. The van der Waals surface area contributed by atoms with Gasteiger partial charge in [0.2, 0.25) is 9.05 Å². The van der Waals surface area contributed by atoms with E-state index in [2.05, 4.69) is 0 Å². The van der Waals surface area contributed by atoms with Gasteiger partial charge in [-0.05, 0) is 19.1 Å². The van der Waals surface area contributed by atoms with E-state index in [0.29, 0.717) is 6.61 Å². The van der Waals surface area contributed by atoms with E-state index in [1.807, 2.05) is 31.2 Å². The van der Waals surface area contributed by atoms with Gasteiger partial charge in [0.1, 0.15) is 5.75 Å². The number of halogens is 1. The van der Waals surface area contributed by atoms with Gasteiger partial charge in [0.05, 0.1) is 12.4 Å². The van der Waals surface area contributed by atoms with Crippen LogP contribution in [0.15, 0.2) is 24.3 Å². The van der Waals surface area contributed by atoms with Crippen molar-refractivity contribution < 1.29 is 13.2 Å². The fraction of sp³-hybridized carbons (Fsp3) is 0.455. The highest BCUT2D eigenvalue weighted by atomic mass is 35.7. The van der Waals surface area contributed by atoms with E-state index >= 15 is 0 Å². The lowest BCUT2D eigenvalue weighted by Crippen LogP contribution is -2.16. The van der Waals surface area contributed by atoms with Gasteiger partial charge in [-0.25, -0.2) is 8.42 Å². The molecule has 1 aromatic carbocycles. The van der Waals surface area contributed by atoms with E-state index in [-0.39, 0.29) is 11.7 Å². The highest BCUT2D eigenvalue weighted by Crippen LogP contribution is 2.13. The topological polar surface area (TPSA) is 43.4 Å². The molecule has 0 aromatic heterocycles. The third kappa shape index (κ3) is 5.37. The second-order valence-corrected chi connectivity index (χ2v) is 6.76. The first-order chi connectivity index (χ1) is 7.37. The average molecular weight is 263 g/mol. The second-order valence-electron chi connectivity index (χ2n) is 3.93. The van der Waals surface area contributed by atoms with Crippen molar-refractivity contribution in [1.29, 1.82) is 0 Å². The molecule has 0 amide bonds. The summed E-state index contributed by atoms with van der Waals surface area (Å²) in [5.74, 6) is 0.550. The number of aryl methyl sites for hydroxylation is 1. The van der Waals surface area contributed by atoms with Crippen LogP contribution in [0.1, 0.15) is 12.5 Å². The normalized spacial score (nSPS) is 13.4. The van der Waals surface area contributed by atoms with E-state index in [1.54, 1.807) is 6.92 Å². The minimum Gasteiger partial charge on any atom is -0.493 e. The third-order valence-electron chi connectivity index (χ3n) is 2.04. The molecule has 5 heteroatoms. The van der Waals surface area contributed by atoms with Crippen molar-refractivity contribution in [2.75, 3.05) is 12.4 Å². The Kier molecular flexibility index (Phi) is 4.62. The molecule has 3 nitrogen and oxygen atoms in total. The van der Waals surface area contributed by atoms with Gasteiger partial charge >= 0.3 is 0 Å². The number of ether oxygens (including phenoxy) is 1.